The van der Waals surface area contributed by atoms with Crippen LogP contribution < -0.4 is 10.5 Å². The van der Waals surface area contributed by atoms with E-state index in [4.69, 9.17) is 10.5 Å². The van der Waals surface area contributed by atoms with Crippen LogP contribution in [0.2, 0.25) is 0 Å². The third kappa shape index (κ3) is 2.42. The lowest BCUT2D eigenvalue weighted by molar-refractivity contribution is 0.0804. The van der Waals surface area contributed by atoms with E-state index in [1.54, 1.807) is 7.11 Å². The number of rotatable bonds is 3. The molecule has 6 nitrogen and oxygen atoms in total. The summed E-state index contributed by atoms with van der Waals surface area (Å²) in [7, 11) is 1.60. The van der Waals surface area contributed by atoms with Crippen LogP contribution in [0.5, 0.6) is 5.75 Å². The van der Waals surface area contributed by atoms with Crippen molar-refractivity contribution in [2.45, 2.75) is 19.3 Å². The van der Waals surface area contributed by atoms with E-state index < -0.39 is 5.41 Å². The van der Waals surface area contributed by atoms with Gasteiger partial charge in [0.25, 0.3) is 5.91 Å². The van der Waals surface area contributed by atoms with Gasteiger partial charge in [0.05, 0.1) is 12.5 Å². The predicted molar refractivity (Wildman–Crippen MR) is 71.1 cm³/mol. The van der Waals surface area contributed by atoms with E-state index in [9.17, 15) is 4.79 Å². The zero-order valence-electron chi connectivity index (χ0n) is 11.1. The maximum Gasteiger partial charge on any atom is 0.258 e. The molecule has 0 unspecified atom stereocenters. The number of carbonyl (C=O) groups excluding carboxylic acids is 1. The summed E-state index contributed by atoms with van der Waals surface area (Å²) in [6.07, 6.45) is 1.32. The number of nitrogens with two attached hydrogens (primary N) is 1. The second kappa shape index (κ2) is 4.72. The number of methoxy groups -OCH3 is 1. The maximum atomic E-state index is 12.4. The quantitative estimate of drug-likeness (QED) is 0.903. The fraction of sp³-hybridized carbons (Fsp3) is 0.308. The van der Waals surface area contributed by atoms with Crippen molar-refractivity contribution in [1.82, 2.24) is 14.8 Å². The molecule has 2 N–H and O–H groups in total. The highest BCUT2D eigenvalue weighted by molar-refractivity contribution is 5.88. The first-order valence-corrected chi connectivity index (χ1v) is 5.81. The molecule has 0 aliphatic heterocycles. The number of nitrogen functional groups attached to an aromatic ring is 1. The Hall–Kier alpha value is -2.37. The fourth-order valence-electron chi connectivity index (χ4n) is 1.79. The van der Waals surface area contributed by atoms with E-state index in [2.05, 4.69) is 10.1 Å². The summed E-state index contributed by atoms with van der Waals surface area (Å²) in [5.74, 6) is 0.637. The summed E-state index contributed by atoms with van der Waals surface area (Å²) in [4.78, 5) is 16.2. The number of ether oxygens (including phenoxy) is 1. The highest BCUT2D eigenvalue weighted by Crippen LogP contribution is 2.26. The van der Waals surface area contributed by atoms with Crippen molar-refractivity contribution in [3.05, 3.63) is 36.2 Å². The number of aromatic nitrogens is 3. The molecule has 0 radical (unpaired) electrons. The zero-order chi connectivity index (χ0) is 14.0. The molecule has 2 rings (SSSR count). The molecule has 0 atom stereocenters. The first kappa shape index (κ1) is 13.1. The van der Waals surface area contributed by atoms with Gasteiger partial charge in [-0.3, -0.25) is 4.79 Å². The summed E-state index contributed by atoms with van der Waals surface area (Å²) >= 11 is 0. The van der Waals surface area contributed by atoms with E-state index in [0.717, 1.165) is 11.3 Å². The normalized spacial score (nSPS) is 11.3. The fourth-order valence-corrected chi connectivity index (χ4v) is 1.79. The Balaban J connectivity index is 2.32. The van der Waals surface area contributed by atoms with Gasteiger partial charge in [-0.1, -0.05) is 12.1 Å². The molecule has 0 amide bonds. The molecule has 1 heterocycles. The lowest BCUT2D eigenvalue weighted by Gasteiger charge is -2.23. The standard InChI is InChI=1S/C13H16N4O2/c1-13(2,9-4-6-10(19-3)7-5-9)11(18)17-8-15-12(14)16-17/h4-8H,1-3H3,(H2,14,16). The van der Waals surface area contributed by atoms with E-state index in [1.165, 1.54) is 11.0 Å². The number of anilines is 1. The summed E-state index contributed by atoms with van der Waals surface area (Å²) in [5.41, 5.74) is 5.56. The molecule has 19 heavy (non-hydrogen) atoms. The van der Waals surface area contributed by atoms with Crippen LogP contribution in [0.25, 0.3) is 0 Å². The molecule has 100 valence electrons. The van der Waals surface area contributed by atoms with Gasteiger partial charge in [0.2, 0.25) is 5.95 Å². The summed E-state index contributed by atoms with van der Waals surface area (Å²) < 4.78 is 6.27. The molecule has 1 aromatic carbocycles. The molecule has 6 heteroatoms. The van der Waals surface area contributed by atoms with Crippen molar-refractivity contribution in [3.63, 3.8) is 0 Å². The Morgan fingerprint density at radius 3 is 2.42 bits per heavy atom. The van der Waals surface area contributed by atoms with E-state index >= 15 is 0 Å². The molecule has 0 saturated carbocycles. The summed E-state index contributed by atoms with van der Waals surface area (Å²) in [6, 6.07) is 7.36. The van der Waals surface area contributed by atoms with Crippen LogP contribution in [0.1, 0.15) is 24.2 Å². The number of benzene rings is 1. The average Bonchev–Trinajstić information content (AvgIpc) is 2.84. The molecule has 0 aliphatic rings. The van der Waals surface area contributed by atoms with E-state index in [0.29, 0.717) is 0 Å². The predicted octanol–water partition coefficient (Wildman–Crippen LogP) is 1.49. The SMILES string of the molecule is COc1ccc(C(C)(C)C(=O)n2cnc(N)n2)cc1. The van der Waals surface area contributed by atoms with Gasteiger partial charge in [-0.05, 0) is 31.5 Å². The Labute approximate surface area is 111 Å². The number of hydrogen-bond acceptors (Lipinski definition) is 5. The second-order valence-corrected chi connectivity index (χ2v) is 4.71. The van der Waals surface area contributed by atoms with Crippen LogP contribution >= 0.6 is 0 Å². The third-order valence-corrected chi connectivity index (χ3v) is 3.06. The van der Waals surface area contributed by atoms with E-state index in [1.807, 2.05) is 38.1 Å². The van der Waals surface area contributed by atoms with Crippen molar-refractivity contribution < 1.29 is 9.53 Å². The van der Waals surface area contributed by atoms with Gasteiger partial charge < -0.3 is 10.5 Å². The van der Waals surface area contributed by atoms with Crippen molar-refractivity contribution in [2.75, 3.05) is 12.8 Å². The molecular formula is C13H16N4O2. The zero-order valence-corrected chi connectivity index (χ0v) is 11.1. The Bertz CT molecular complexity index is 587. The van der Waals surface area contributed by atoms with Gasteiger partial charge in [-0.2, -0.15) is 4.68 Å². The largest absolute Gasteiger partial charge is 0.497 e. The van der Waals surface area contributed by atoms with Crippen molar-refractivity contribution in [3.8, 4) is 5.75 Å². The van der Waals surface area contributed by atoms with Gasteiger partial charge in [-0.15, -0.1) is 5.10 Å². The van der Waals surface area contributed by atoms with Gasteiger partial charge in [0.15, 0.2) is 0 Å². The Kier molecular flexibility index (Phi) is 3.25. The number of nitrogens with zero attached hydrogens (tertiary/aromatic N) is 3. The molecule has 0 spiro atoms. The highest BCUT2D eigenvalue weighted by Gasteiger charge is 2.32. The Morgan fingerprint density at radius 2 is 1.95 bits per heavy atom. The number of carbonyl (C=O) groups is 1. The minimum Gasteiger partial charge on any atom is -0.497 e. The maximum absolute atomic E-state index is 12.4. The van der Waals surface area contributed by atoms with E-state index in [-0.39, 0.29) is 11.9 Å². The molecule has 0 bridgehead atoms. The minimum atomic E-state index is -0.730. The lowest BCUT2D eigenvalue weighted by atomic mass is 9.84. The molecule has 2 aromatic rings. The van der Waals surface area contributed by atoms with Crippen LogP contribution in [0.15, 0.2) is 30.6 Å². The molecular weight excluding hydrogens is 244 g/mol. The first-order chi connectivity index (χ1) is 8.95. The second-order valence-electron chi connectivity index (χ2n) is 4.71. The monoisotopic (exact) mass is 260 g/mol. The van der Waals surface area contributed by atoms with Gasteiger partial charge in [0, 0.05) is 0 Å². The topological polar surface area (TPSA) is 83.0 Å². The van der Waals surface area contributed by atoms with Crippen LogP contribution in [0.3, 0.4) is 0 Å². The first-order valence-electron chi connectivity index (χ1n) is 5.81. The van der Waals surface area contributed by atoms with Crippen LogP contribution in [0.4, 0.5) is 5.95 Å². The van der Waals surface area contributed by atoms with Crippen molar-refractivity contribution >= 4 is 11.9 Å². The van der Waals surface area contributed by atoms with Gasteiger partial charge in [0.1, 0.15) is 12.1 Å². The minimum absolute atomic E-state index is 0.0823. The molecule has 0 saturated heterocycles. The lowest BCUT2D eigenvalue weighted by Crippen LogP contribution is -2.34. The summed E-state index contributed by atoms with van der Waals surface area (Å²) in [6.45, 7) is 3.66. The summed E-state index contributed by atoms with van der Waals surface area (Å²) in [5, 5.41) is 3.85. The van der Waals surface area contributed by atoms with Gasteiger partial charge in [-0.25, -0.2) is 4.98 Å². The van der Waals surface area contributed by atoms with Gasteiger partial charge >= 0.3 is 0 Å². The van der Waals surface area contributed by atoms with Crippen molar-refractivity contribution in [1.29, 1.82) is 0 Å². The molecule has 0 aliphatic carbocycles. The van der Waals surface area contributed by atoms with Crippen LogP contribution in [-0.2, 0) is 5.41 Å². The number of hydrogen-bond donors (Lipinski definition) is 1. The average molecular weight is 260 g/mol. The van der Waals surface area contributed by atoms with Crippen molar-refractivity contribution in [2.24, 2.45) is 0 Å². The Morgan fingerprint density at radius 1 is 1.32 bits per heavy atom. The smallest absolute Gasteiger partial charge is 0.258 e. The molecule has 1 aromatic heterocycles. The van der Waals surface area contributed by atoms with Crippen LogP contribution in [0, 0.1) is 0 Å². The highest BCUT2D eigenvalue weighted by atomic mass is 16.5. The molecule has 0 fully saturated rings. The van der Waals surface area contributed by atoms with Crippen LogP contribution in [-0.4, -0.2) is 27.8 Å². The third-order valence-electron chi connectivity index (χ3n) is 3.06.